The monoisotopic (exact) mass is 387 g/mol. The van der Waals surface area contributed by atoms with E-state index in [4.69, 9.17) is 9.47 Å². The van der Waals surface area contributed by atoms with Gasteiger partial charge >= 0.3 is 6.01 Å². The number of benzene rings is 2. The van der Waals surface area contributed by atoms with Gasteiger partial charge in [0.1, 0.15) is 5.75 Å². The maximum atomic E-state index is 12.6. The van der Waals surface area contributed by atoms with E-state index in [1.807, 2.05) is 60.0 Å². The Morgan fingerprint density at radius 3 is 2.52 bits per heavy atom. The number of hydrogen-bond donors (Lipinski definition) is 0. The Kier molecular flexibility index (Phi) is 4.99. The van der Waals surface area contributed by atoms with Crippen LogP contribution in [0.25, 0.3) is 16.7 Å². The second-order valence-electron chi connectivity index (χ2n) is 6.75. The lowest BCUT2D eigenvalue weighted by molar-refractivity contribution is 0.0992. The van der Waals surface area contributed by atoms with Gasteiger partial charge in [0.2, 0.25) is 0 Å². The van der Waals surface area contributed by atoms with Gasteiger partial charge in [-0.1, -0.05) is 12.1 Å². The van der Waals surface area contributed by atoms with Crippen LogP contribution in [-0.2, 0) is 6.42 Å². The van der Waals surface area contributed by atoms with E-state index in [2.05, 4.69) is 9.97 Å². The summed E-state index contributed by atoms with van der Waals surface area (Å²) in [4.78, 5) is 21.2. The first-order chi connectivity index (χ1) is 14.1. The van der Waals surface area contributed by atoms with E-state index in [-0.39, 0.29) is 5.78 Å². The third-order valence-electron chi connectivity index (χ3n) is 4.91. The Balaban J connectivity index is 1.64. The van der Waals surface area contributed by atoms with Crippen LogP contribution in [0.15, 0.2) is 60.9 Å². The molecule has 0 radical (unpaired) electrons. The Hall–Kier alpha value is -3.67. The minimum absolute atomic E-state index is 0.0566. The van der Waals surface area contributed by atoms with Gasteiger partial charge in [0.25, 0.3) is 0 Å². The van der Waals surface area contributed by atoms with Crippen LogP contribution in [-0.4, -0.2) is 34.5 Å². The quantitative estimate of drug-likeness (QED) is 0.465. The van der Waals surface area contributed by atoms with Crippen LogP contribution < -0.4 is 9.47 Å². The summed E-state index contributed by atoms with van der Waals surface area (Å²) in [5.41, 5.74) is 5.14. The van der Waals surface area contributed by atoms with Gasteiger partial charge in [-0.15, -0.1) is 0 Å². The number of nitrogens with zero attached hydrogens (tertiary/aromatic N) is 3. The summed E-state index contributed by atoms with van der Waals surface area (Å²) < 4.78 is 12.7. The molecule has 0 N–H and O–H groups in total. The molecule has 4 aromatic rings. The number of ether oxygens (including phenoxy) is 2. The average Bonchev–Trinajstić information content (AvgIpc) is 3.12. The highest BCUT2D eigenvalue weighted by atomic mass is 16.5. The first-order valence-electron chi connectivity index (χ1n) is 9.24. The lowest BCUT2D eigenvalue weighted by Gasteiger charge is -2.09. The zero-order chi connectivity index (χ0) is 20.4. The van der Waals surface area contributed by atoms with Crippen molar-refractivity contribution in [2.45, 2.75) is 13.3 Å². The van der Waals surface area contributed by atoms with Gasteiger partial charge in [-0.3, -0.25) is 14.3 Å². The SMILES string of the molecule is COc1ccc2c(c1)nc(OC)n2-c1ccc(CC(=O)c2cnccc2C)cc1. The number of ketones is 1. The van der Waals surface area contributed by atoms with Crippen molar-refractivity contribution in [3.05, 3.63) is 77.6 Å². The average molecular weight is 387 g/mol. The highest BCUT2D eigenvalue weighted by Gasteiger charge is 2.15. The van der Waals surface area contributed by atoms with Gasteiger partial charge in [-0.05, 0) is 48.4 Å². The van der Waals surface area contributed by atoms with Crippen LogP contribution in [0.4, 0.5) is 0 Å². The third kappa shape index (κ3) is 3.57. The number of rotatable bonds is 6. The van der Waals surface area contributed by atoms with Crippen LogP contribution in [0.1, 0.15) is 21.5 Å². The fourth-order valence-corrected chi connectivity index (χ4v) is 3.35. The number of hydrogen-bond acceptors (Lipinski definition) is 5. The molecule has 0 aliphatic rings. The smallest absolute Gasteiger partial charge is 0.301 e. The maximum Gasteiger partial charge on any atom is 0.301 e. The second-order valence-corrected chi connectivity index (χ2v) is 6.75. The summed E-state index contributed by atoms with van der Waals surface area (Å²) in [5, 5.41) is 0. The van der Waals surface area contributed by atoms with Crippen molar-refractivity contribution >= 4 is 16.8 Å². The number of Topliss-reactive ketones (excluding diaryl/α,β-unsaturated/α-hetero) is 1. The van der Waals surface area contributed by atoms with E-state index in [0.29, 0.717) is 18.0 Å². The first kappa shape index (κ1) is 18.7. The highest BCUT2D eigenvalue weighted by Crippen LogP contribution is 2.29. The van der Waals surface area contributed by atoms with E-state index in [9.17, 15) is 4.79 Å². The minimum atomic E-state index is 0.0566. The molecule has 29 heavy (non-hydrogen) atoms. The lowest BCUT2D eigenvalue weighted by Crippen LogP contribution is -2.06. The third-order valence-corrected chi connectivity index (χ3v) is 4.91. The molecule has 0 saturated heterocycles. The van der Waals surface area contributed by atoms with Gasteiger partial charge in [0.05, 0.1) is 30.9 Å². The molecule has 0 aliphatic heterocycles. The molecular formula is C23H21N3O3. The van der Waals surface area contributed by atoms with E-state index in [0.717, 1.165) is 33.6 Å². The van der Waals surface area contributed by atoms with Gasteiger partial charge in [-0.25, -0.2) is 0 Å². The highest BCUT2D eigenvalue weighted by molar-refractivity contribution is 5.98. The van der Waals surface area contributed by atoms with E-state index in [1.54, 1.807) is 26.6 Å². The Labute approximate surface area is 168 Å². The zero-order valence-electron chi connectivity index (χ0n) is 16.5. The number of carbonyl (C=O) groups is 1. The van der Waals surface area contributed by atoms with Crippen molar-refractivity contribution in [1.29, 1.82) is 0 Å². The summed E-state index contributed by atoms with van der Waals surface area (Å²) in [6, 6.07) is 15.9. The molecule has 2 heterocycles. The molecule has 6 nitrogen and oxygen atoms in total. The normalized spacial score (nSPS) is 10.9. The van der Waals surface area contributed by atoms with Crippen LogP contribution in [0.5, 0.6) is 11.8 Å². The molecule has 0 unspecified atom stereocenters. The summed E-state index contributed by atoms with van der Waals surface area (Å²) in [6.45, 7) is 1.92. The standard InChI is InChI=1S/C23H21N3O3/c1-15-10-11-24-14-19(15)22(27)12-16-4-6-17(7-5-16)26-21-9-8-18(28-2)13-20(21)25-23(26)29-3/h4-11,13-14H,12H2,1-3H3. The predicted octanol–water partition coefficient (Wildman–Crippen LogP) is 4.17. The van der Waals surface area contributed by atoms with E-state index < -0.39 is 0 Å². The molecule has 2 aromatic carbocycles. The predicted molar refractivity (Wildman–Crippen MR) is 111 cm³/mol. The fourth-order valence-electron chi connectivity index (χ4n) is 3.35. The second kappa shape index (κ2) is 7.75. The van der Waals surface area contributed by atoms with Crippen molar-refractivity contribution in [2.75, 3.05) is 14.2 Å². The molecular weight excluding hydrogens is 366 g/mol. The number of aromatic nitrogens is 3. The fraction of sp³-hybridized carbons (Fsp3) is 0.174. The van der Waals surface area contributed by atoms with Crippen molar-refractivity contribution in [3.63, 3.8) is 0 Å². The molecule has 0 bridgehead atoms. The molecule has 0 atom stereocenters. The molecule has 0 fully saturated rings. The number of imidazole rings is 1. The summed E-state index contributed by atoms with van der Waals surface area (Å²) in [6.07, 6.45) is 3.65. The summed E-state index contributed by atoms with van der Waals surface area (Å²) in [5.74, 6) is 0.797. The topological polar surface area (TPSA) is 66.2 Å². The lowest BCUT2D eigenvalue weighted by atomic mass is 10.0. The van der Waals surface area contributed by atoms with Crippen LogP contribution >= 0.6 is 0 Å². The number of methoxy groups -OCH3 is 2. The number of aryl methyl sites for hydroxylation is 1. The molecule has 0 spiro atoms. The van der Waals surface area contributed by atoms with Crippen molar-refractivity contribution < 1.29 is 14.3 Å². The van der Waals surface area contributed by atoms with E-state index in [1.165, 1.54) is 0 Å². The van der Waals surface area contributed by atoms with Crippen LogP contribution in [0.3, 0.4) is 0 Å². The number of pyridine rings is 1. The van der Waals surface area contributed by atoms with Crippen molar-refractivity contribution in [2.24, 2.45) is 0 Å². The van der Waals surface area contributed by atoms with Gasteiger partial charge < -0.3 is 9.47 Å². The van der Waals surface area contributed by atoms with Gasteiger partial charge in [0, 0.05) is 30.4 Å². The van der Waals surface area contributed by atoms with Crippen molar-refractivity contribution in [3.8, 4) is 17.4 Å². The Morgan fingerprint density at radius 1 is 1.03 bits per heavy atom. The van der Waals surface area contributed by atoms with E-state index >= 15 is 0 Å². The molecule has 146 valence electrons. The first-order valence-corrected chi connectivity index (χ1v) is 9.24. The molecule has 0 aliphatic carbocycles. The largest absolute Gasteiger partial charge is 0.497 e. The molecule has 0 saturated carbocycles. The van der Waals surface area contributed by atoms with Crippen LogP contribution in [0, 0.1) is 6.92 Å². The summed E-state index contributed by atoms with van der Waals surface area (Å²) >= 11 is 0. The Bertz CT molecular complexity index is 1180. The number of fused-ring (bicyclic) bond motifs is 1. The van der Waals surface area contributed by atoms with Crippen LogP contribution in [0.2, 0.25) is 0 Å². The molecule has 4 rings (SSSR count). The summed E-state index contributed by atoms with van der Waals surface area (Å²) in [7, 11) is 3.22. The van der Waals surface area contributed by atoms with Crippen molar-refractivity contribution in [1.82, 2.24) is 14.5 Å². The molecule has 0 amide bonds. The van der Waals surface area contributed by atoms with Gasteiger partial charge in [0.15, 0.2) is 5.78 Å². The molecule has 2 aromatic heterocycles. The zero-order valence-corrected chi connectivity index (χ0v) is 16.5. The maximum absolute atomic E-state index is 12.6. The van der Waals surface area contributed by atoms with Gasteiger partial charge in [-0.2, -0.15) is 4.98 Å². The molecule has 6 heteroatoms. The minimum Gasteiger partial charge on any atom is -0.497 e. The Morgan fingerprint density at radius 2 is 1.83 bits per heavy atom. The number of carbonyl (C=O) groups excluding carboxylic acids is 1.